The van der Waals surface area contributed by atoms with Crippen LogP contribution >= 0.6 is 11.3 Å². The molecule has 14 heteroatoms. The summed E-state index contributed by atoms with van der Waals surface area (Å²) in [7, 11) is -9.47. The molecule has 1 aliphatic heterocycles. The summed E-state index contributed by atoms with van der Waals surface area (Å²) in [4.78, 5) is 10.5. The van der Waals surface area contributed by atoms with E-state index >= 15 is 0 Å². The molecule has 0 saturated carbocycles. The first-order valence-electron chi connectivity index (χ1n) is 11.4. The Kier molecular flexibility index (Phi) is 8.54. The Morgan fingerprint density at radius 2 is 1.58 bits per heavy atom. The maximum atomic E-state index is 12.0. The SMILES string of the molecule is O=S(=O)(O)c1ccc(S(=O)(=O)O)c(N=c2cc3sc4ccccc4nc-3cc2CCN(CCO)CCO)c1. The van der Waals surface area contributed by atoms with E-state index < -0.39 is 30.0 Å². The fourth-order valence-electron chi connectivity index (χ4n) is 3.95. The van der Waals surface area contributed by atoms with Gasteiger partial charge in [-0.15, -0.1) is 11.3 Å². The van der Waals surface area contributed by atoms with Gasteiger partial charge in [-0.2, -0.15) is 16.8 Å². The molecule has 2 aromatic carbocycles. The number of benzene rings is 3. The summed E-state index contributed by atoms with van der Waals surface area (Å²) in [6.45, 7) is 0.862. The van der Waals surface area contributed by atoms with Crippen molar-refractivity contribution >= 4 is 47.5 Å². The van der Waals surface area contributed by atoms with Crippen molar-refractivity contribution in [1.29, 1.82) is 0 Å². The summed E-state index contributed by atoms with van der Waals surface area (Å²) in [6.07, 6.45) is 0.368. The molecular weight excluding hydrogens is 554 g/mol. The van der Waals surface area contributed by atoms with E-state index in [9.17, 15) is 36.2 Å². The number of rotatable bonds is 10. The van der Waals surface area contributed by atoms with Crippen LogP contribution in [0.1, 0.15) is 5.56 Å². The number of aliphatic hydroxyl groups excluding tert-OH is 2. The molecule has 1 aliphatic carbocycles. The van der Waals surface area contributed by atoms with Gasteiger partial charge in [0.25, 0.3) is 20.2 Å². The first-order valence-corrected chi connectivity index (χ1v) is 15.1. The Morgan fingerprint density at radius 3 is 2.24 bits per heavy atom. The van der Waals surface area contributed by atoms with Gasteiger partial charge >= 0.3 is 0 Å². The van der Waals surface area contributed by atoms with Gasteiger partial charge in [0.1, 0.15) is 4.90 Å². The second kappa shape index (κ2) is 11.5. The van der Waals surface area contributed by atoms with Gasteiger partial charge in [-0.05, 0) is 54.4 Å². The number of aliphatic hydroxyl groups is 2. The average Bonchev–Trinajstić information content (AvgIpc) is 2.85. The Morgan fingerprint density at radius 1 is 0.868 bits per heavy atom. The van der Waals surface area contributed by atoms with Crippen LogP contribution in [0.25, 0.3) is 20.8 Å². The molecule has 0 spiro atoms. The van der Waals surface area contributed by atoms with Crippen LogP contribution in [-0.2, 0) is 26.7 Å². The molecule has 4 rings (SSSR count). The Labute approximate surface area is 223 Å². The van der Waals surface area contributed by atoms with Gasteiger partial charge in [-0.3, -0.25) is 14.0 Å². The molecule has 0 unspecified atom stereocenters. The lowest BCUT2D eigenvalue weighted by atomic mass is 10.1. The molecule has 11 nitrogen and oxygen atoms in total. The van der Waals surface area contributed by atoms with Crippen LogP contribution < -0.4 is 5.36 Å². The minimum absolute atomic E-state index is 0.107. The van der Waals surface area contributed by atoms with Crippen LogP contribution in [0.5, 0.6) is 0 Å². The van der Waals surface area contributed by atoms with E-state index in [0.717, 1.165) is 33.3 Å². The Bertz CT molecular complexity index is 1710. The van der Waals surface area contributed by atoms with E-state index in [4.69, 9.17) is 4.98 Å². The van der Waals surface area contributed by atoms with Crippen LogP contribution in [0.15, 0.2) is 69.4 Å². The average molecular weight is 580 g/mol. The number of aromatic nitrogens is 1. The molecule has 1 heterocycles. The van der Waals surface area contributed by atoms with Crippen LogP contribution in [0.4, 0.5) is 5.69 Å². The smallest absolute Gasteiger partial charge is 0.296 e. The topological polar surface area (TPSA) is 178 Å². The highest BCUT2D eigenvalue weighted by Crippen LogP contribution is 2.31. The molecule has 0 bridgehead atoms. The normalized spacial score (nSPS) is 13.1. The molecule has 0 atom stereocenters. The second-order valence-electron chi connectivity index (χ2n) is 8.36. The molecule has 2 aliphatic rings. The molecule has 0 saturated heterocycles. The molecule has 2 aromatic rings. The summed E-state index contributed by atoms with van der Waals surface area (Å²) < 4.78 is 67.6. The van der Waals surface area contributed by atoms with Crippen LogP contribution in [-0.4, -0.2) is 78.9 Å². The maximum absolute atomic E-state index is 12.0. The second-order valence-corrected chi connectivity index (χ2v) is 12.3. The largest absolute Gasteiger partial charge is 0.395 e. The number of para-hydroxylation sites is 1. The van der Waals surface area contributed by atoms with Gasteiger partial charge in [-0.25, -0.2) is 9.98 Å². The third-order valence-corrected chi connectivity index (χ3v) is 8.63. The van der Waals surface area contributed by atoms with E-state index in [1.165, 1.54) is 11.3 Å². The van der Waals surface area contributed by atoms with Crippen molar-refractivity contribution in [2.45, 2.75) is 16.2 Å². The zero-order chi connectivity index (χ0) is 27.5. The standard InChI is InChI=1S/C24H25N3O8S3/c28-11-9-27(10-12-29)8-7-16-13-20-23(36-22-4-2-1-3-18(22)25-20)15-19(16)26-21-14-17(37(30,31)32)5-6-24(21)38(33,34)35/h1-6,13-15,28-29H,7-12H2,(H,30,31,32)(H,33,34,35). The van der Waals surface area contributed by atoms with Crippen molar-refractivity contribution < 1.29 is 36.2 Å². The number of hydrogen-bond donors (Lipinski definition) is 4. The number of hydrogen-bond acceptors (Lipinski definition) is 10. The van der Waals surface area contributed by atoms with Crippen molar-refractivity contribution in [2.75, 3.05) is 32.8 Å². The quantitative estimate of drug-likeness (QED) is 0.160. The molecule has 0 amide bonds. The highest BCUT2D eigenvalue weighted by Gasteiger charge is 2.20. The van der Waals surface area contributed by atoms with Gasteiger partial charge in [0.15, 0.2) is 0 Å². The first kappa shape index (κ1) is 28.2. The third-order valence-electron chi connectivity index (χ3n) is 5.76. The number of nitrogens with zero attached hydrogens (tertiary/aromatic N) is 3. The van der Waals surface area contributed by atoms with Crippen molar-refractivity contribution in [1.82, 2.24) is 9.88 Å². The monoisotopic (exact) mass is 579 g/mol. The lowest BCUT2D eigenvalue weighted by Crippen LogP contribution is -2.32. The van der Waals surface area contributed by atoms with Crippen LogP contribution in [0.2, 0.25) is 0 Å². The minimum Gasteiger partial charge on any atom is -0.395 e. The van der Waals surface area contributed by atoms with Crippen molar-refractivity contribution in [3.8, 4) is 10.6 Å². The predicted octanol–water partition coefficient (Wildman–Crippen LogP) is 1.96. The van der Waals surface area contributed by atoms with Gasteiger partial charge < -0.3 is 10.2 Å². The highest BCUT2D eigenvalue weighted by molar-refractivity contribution is 7.86. The van der Waals surface area contributed by atoms with Crippen molar-refractivity contribution in [2.24, 2.45) is 4.99 Å². The first-order chi connectivity index (χ1) is 18.0. The van der Waals surface area contributed by atoms with Gasteiger partial charge in [-0.1, -0.05) is 12.1 Å². The zero-order valence-corrected chi connectivity index (χ0v) is 22.4. The fourth-order valence-corrected chi connectivity index (χ4v) is 6.04. The summed E-state index contributed by atoms with van der Waals surface area (Å²) >= 11 is 1.44. The Balaban J connectivity index is 1.96. The lowest BCUT2D eigenvalue weighted by Gasteiger charge is -2.20. The zero-order valence-electron chi connectivity index (χ0n) is 19.9. The summed E-state index contributed by atoms with van der Waals surface area (Å²) in [6, 6.07) is 13.6. The lowest BCUT2D eigenvalue weighted by molar-refractivity contribution is 0.162. The highest BCUT2D eigenvalue weighted by atomic mass is 32.2. The third kappa shape index (κ3) is 6.59. The van der Waals surface area contributed by atoms with E-state index in [1.807, 2.05) is 29.2 Å². The van der Waals surface area contributed by atoms with Crippen molar-refractivity contribution in [3.05, 3.63) is 65.5 Å². The Hall–Kier alpha value is -2.82. The van der Waals surface area contributed by atoms with Gasteiger partial charge in [0.2, 0.25) is 0 Å². The summed E-state index contributed by atoms with van der Waals surface area (Å²) in [5.41, 5.74) is 1.72. The van der Waals surface area contributed by atoms with Gasteiger partial charge in [0, 0.05) is 19.6 Å². The van der Waals surface area contributed by atoms with Crippen LogP contribution in [0, 0.1) is 0 Å². The van der Waals surface area contributed by atoms with Crippen LogP contribution in [0.3, 0.4) is 0 Å². The maximum Gasteiger partial charge on any atom is 0.296 e. The number of fused-ring (bicyclic) bond motifs is 2. The minimum atomic E-state index is -4.78. The molecule has 202 valence electrons. The van der Waals surface area contributed by atoms with E-state index in [2.05, 4.69) is 4.99 Å². The summed E-state index contributed by atoms with van der Waals surface area (Å²) in [5.74, 6) is 0. The fraction of sp³-hybridized carbons (Fsp3) is 0.250. The van der Waals surface area contributed by atoms with E-state index in [0.29, 0.717) is 42.7 Å². The molecule has 38 heavy (non-hydrogen) atoms. The molecular formula is C24H25N3O8S3. The summed E-state index contributed by atoms with van der Waals surface area (Å²) in [5, 5.41) is 19.0. The molecule has 0 radical (unpaired) electrons. The van der Waals surface area contributed by atoms with Crippen molar-refractivity contribution in [3.63, 3.8) is 0 Å². The van der Waals surface area contributed by atoms with E-state index in [1.54, 1.807) is 12.1 Å². The molecule has 0 fully saturated rings. The molecule has 0 aromatic heterocycles. The predicted molar refractivity (Wildman–Crippen MR) is 142 cm³/mol. The molecule has 4 N–H and O–H groups in total. The van der Waals surface area contributed by atoms with E-state index in [-0.39, 0.29) is 18.9 Å². The van der Waals surface area contributed by atoms with Gasteiger partial charge in [0.05, 0.1) is 49.9 Å².